The summed E-state index contributed by atoms with van der Waals surface area (Å²) in [4.78, 5) is 10.6. The van der Waals surface area contributed by atoms with Gasteiger partial charge in [-0.2, -0.15) is 0 Å². The van der Waals surface area contributed by atoms with Crippen molar-refractivity contribution in [3.05, 3.63) is 0 Å². The average Bonchev–Trinajstić information content (AvgIpc) is 2.62. The summed E-state index contributed by atoms with van der Waals surface area (Å²) >= 11 is 1.13. The van der Waals surface area contributed by atoms with Crippen LogP contribution in [0.1, 0.15) is 6.92 Å². The van der Waals surface area contributed by atoms with E-state index in [1.807, 2.05) is 7.05 Å². The second kappa shape index (κ2) is 5.66. The van der Waals surface area contributed by atoms with E-state index in [2.05, 4.69) is 20.8 Å². The topological polar surface area (TPSA) is 92.9 Å². The normalized spacial score (nSPS) is 12.7. The monoisotopic (exact) mass is 231 g/mol. The fourth-order valence-corrected chi connectivity index (χ4v) is 1.60. The van der Waals surface area contributed by atoms with Crippen molar-refractivity contribution in [2.24, 2.45) is 0 Å². The van der Waals surface area contributed by atoms with Gasteiger partial charge in [-0.1, -0.05) is 11.8 Å². The number of aromatic nitrogens is 4. The van der Waals surface area contributed by atoms with Crippen molar-refractivity contribution in [3.63, 3.8) is 0 Å². The molecule has 1 aromatic rings. The number of hydrogen-bond donors (Lipinski definition) is 2. The highest BCUT2D eigenvalue weighted by atomic mass is 32.2. The van der Waals surface area contributed by atoms with Gasteiger partial charge < -0.3 is 10.4 Å². The Morgan fingerprint density at radius 2 is 2.47 bits per heavy atom. The zero-order valence-corrected chi connectivity index (χ0v) is 9.36. The molecular formula is C7H13N5O2S. The zero-order chi connectivity index (χ0) is 11.3. The molecule has 1 heterocycles. The Morgan fingerprint density at radius 3 is 3.07 bits per heavy atom. The van der Waals surface area contributed by atoms with Gasteiger partial charge in [0.2, 0.25) is 5.16 Å². The molecule has 0 aromatic carbocycles. The molecular weight excluding hydrogens is 218 g/mol. The highest BCUT2D eigenvalue weighted by Gasteiger charge is 2.16. The van der Waals surface area contributed by atoms with Crippen molar-refractivity contribution in [2.45, 2.75) is 23.9 Å². The third-order valence-electron chi connectivity index (χ3n) is 1.70. The number of nitrogens with zero attached hydrogens (tertiary/aromatic N) is 4. The van der Waals surface area contributed by atoms with Crippen LogP contribution in [-0.2, 0) is 11.3 Å². The first-order chi connectivity index (χ1) is 7.15. The molecule has 8 heteroatoms. The van der Waals surface area contributed by atoms with Crippen LogP contribution in [0, 0.1) is 0 Å². The second-order valence-corrected chi connectivity index (χ2v) is 4.19. The molecule has 0 aliphatic carbocycles. The first-order valence-electron chi connectivity index (χ1n) is 4.45. The quantitative estimate of drug-likeness (QED) is 0.635. The molecule has 7 nitrogen and oxygen atoms in total. The van der Waals surface area contributed by atoms with Crippen molar-refractivity contribution >= 4 is 17.7 Å². The van der Waals surface area contributed by atoms with Crippen LogP contribution in [0.25, 0.3) is 0 Å². The van der Waals surface area contributed by atoms with Gasteiger partial charge in [0.15, 0.2) is 0 Å². The van der Waals surface area contributed by atoms with Crippen LogP contribution in [0.4, 0.5) is 0 Å². The van der Waals surface area contributed by atoms with Crippen LogP contribution < -0.4 is 5.32 Å². The number of carbonyl (C=O) groups is 1. The van der Waals surface area contributed by atoms with E-state index in [0.29, 0.717) is 11.7 Å². The predicted octanol–water partition coefficient (Wildman–Crippen LogP) is -0.542. The van der Waals surface area contributed by atoms with Crippen LogP contribution in [0.2, 0.25) is 0 Å². The Balaban J connectivity index is 2.60. The molecule has 0 aliphatic rings. The molecule has 0 amide bonds. The summed E-state index contributed by atoms with van der Waals surface area (Å²) in [5.41, 5.74) is 0. The summed E-state index contributed by atoms with van der Waals surface area (Å²) in [6.45, 7) is 2.96. The maximum atomic E-state index is 10.6. The molecule has 15 heavy (non-hydrogen) atoms. The smallest absolute Gasteiger partial charge is 0.316 e. The number of carboxylic acid groups (broad SMARTS) is 1. The number of rotatable bonds is 6. The Bertz CT molecular complexity index is 329. The Hall–Kier alpha value is -1.15. The van der Waals surface area contributed by atoms with Crippen molar-refractivity contribution in [1.29, 1.82) is 0 Å². The van der Waals surface area contributed by atoms with Crippen LogP contribution >= 0.6 is 11.8 Å². The largest absolute Gasteiger partial charge is 0.480 e. The van der Waals surface area contributed by atoms with E-state index >= 15 is 0 Å². The second-order valence-electron chi connectivity index (χ2n) is 2.89. The minimum atomic E-state index is -0.872. The fourth-order valence-electron chi connectivity index (χ4n) is 0.847. The number of tetrazole rings is 1. The number of nitrogens with one attached hydrogen (secondary N) is 1. The zero-order valence-electron chi connectivity index (χ0n) is 8.54. The van der Waals surface area contributed by atoms with Crippen LogP contribution in [-0.4, -0.2) is 50.1 Å². The summed E-state index contributed by atoms with van der Waals surface area (Å²) in [6.07, 6.45) is 0. The lowest BCUT2D eigenvalue weighted by Crippen LogP contribution is -2.18. The summed E-state index contributed by atoms with van der Waals surface area (Å²) < 4.78 is 1.58. The summed E-state index contributed by atoms with van der Waals surface area (Å²) in [5.74, 6) is -0.872. The van der Waals surface area contributed by atoms with Crippen LogP contribution in [0.15, 0.2) is 5.16 Å². The SMILES string of the molecule is CNCCn1nnnc1SC(C)C(=O)O. The molecule has 0 fully saturated rings. The molecule has 1 aromatic heterocycles. The van der Waals surface area contributed by atoms with Gasteiger partial charge in [0.25, 0.3) is 0 Å². The van der Waals surface area contributed by atoms with Gasteiger partial charge in [0.1, 0.15) is 5.25 Å². The lowest BCUT2D eigenvalue weighted by atomic mass is 10.5. The van der Waals surface area contributed by atoms with Gasteiger partial charge in [0.05, 0.1) is 6.54 Å². The van der Waals surface area contributed by atoms with Gasteiger partial charge in [-0.05, 0) is 24.4 Å². The third-order valence-corrected chi connectivity index (χ3v) is 2.76. The number of aliphatic carboxylic acids is 1. The lowest BCUT2D eigenvalue weighted by Gasteiger charge is -2.05. The van der Waals surface area contributed by atoms with Gasteiger partial charge in [0, 0.05) is 6.54 Å². The Morgan fingerprint density at radius 1 is 1.73 bits per heavy atom. The van der Waals surface area contributed by atoms with Crippen LogP contribution in [0.5, 0.6) is 0 Å². The summed E-state index contributed by atoms with van der Waals surface area (Å²) in [6, 6.07) is 0. The number of likely N-dealkylation sites (N-methyl/N-ethyl adjacent to an activating group) is 1. The molecule has 0 aliphatic heterocycles. The van der Waals surface area contributed by atoms with E-state index in [-0.39, 0.29) is 0 Å². The van der Waals surface area contributed by atoms with E-state index < -0.39 is 11.2 Å². The molecule has 1 unspecified atom stereocenters. The minimum absolute atomic E-state index is 0.528. The molecule has 1 atom stereocenters. The standard InChI is InChI=1S/C7H13N5O2S/c1-5(6(13)14)15-7-9-10-11-12(7)4-3-8-2/h5,8H,3-4H2,1-2H3,(H,13,14). The molecule has 0 spiro atoms. The lowest BCUT2D eigenvalue weighted by molar-refractivity contribution is -0.136. The molecule has 0 bridgehead atoms. The molecule has 1 rings (SSSR count). The minimum Gasteiger partial charge on any atom is -0.480 e. The molecule has 0 radical (unpaired) electrons. The van der Waals surface area contributed by atoms with Gasteiger partial charge >= 0.3 is 5.97 Å². The molecule has 0 saturated carbocycles. The highest BCUT2D eigenvalue weighted by Crippen LogP contribution is 2.19. The van der Waals surface area contributed by atoms with Crippen molar-refractivity contribution < 1.29 is 9.90 Å². The van der Waals surface area contributed by atoms with Crippen molar-refractivity contribution in [1.82, 2.24) is 25.5 Å². The van der Waals surface area contributed by atoms with E-state index in [1.165, 1.54) is 0 Å². The first kappa shape index (κ1) is 11.9. The maximum Gasteiger partial charge on any atom is 0.316 e. The highest BCUT2D eigenvalue weighted by molar-refractivity contribution is 8.00. The Kier molecular flexibility index (Phi) is 4.50. The third kappa shape index (κ3) is 3.48. The molecule has 0 saturated heterocycles. The van der Waals surface area contributed by atoms with E-state index in [9.17, 15) is 4.79 Å². The van der Waals surface area contributed by atoms with Gasteiger partial charge in [-0.15, -0.1) is 5.10 Å². The van der Waals surface area contributed by atoms with E-state index in [0.717, 1.165) is 18.3 Å². The van der Waals surface area contributed by atoms with Crippen LogP contribution in [0.3, 0.4) is 0 Å². The fraction of sp³-hybridized carbons (Fsp3) is 0.714. The first-order valence-corrected chi connectivity index (χ1v) is 5.33. The van der Waals surface area contributed by atoms with Gasteiger partial charge in [-0.3, -0.25) is 4.79 Å². The van der Waals surface area contributed by atoms with Crippen molar-refractivity contribution in [2.75, 3.05) is 13.6 Å². The van der Waals surface area contributed by atoms with Gasteiger partial charge in [-0.25, -0.2) is 4.68 Å². The average molecular weight is 231 g/mol. The summed E-state index contributed by atoms with van der Waals surface area (Å²) in [7, 11) is 1.83. The summed E-state index contributed by atoms with van der Waals surface area (Å²) in [5, 5.41) is 22.7. The van der Waals surface area contributed by atoms with Crippen molar-refractivity contribution in [3.8, 4) is 0 Å². The Labute approximate surface area is 91.2 Å². The molecule has 84 valence electrons. The predicted molar refractivity (Wildman–Crippen MR) is 54.7 cm³/mol. The number of hydrogen-bond acceptors (Lipinski definition) is 6. The maximum absolute atomic E-state index is 10.6. The molecule has 2 N–H and O–H groups in total. The van der Waals surface area contributed by atoms with E-state index in [1.54, 1.807) is 11.6 Å². The number of carboxylic acids is 1. The van der Waals surface area contributed by atoms with E-state index in [4.69, 9.17) is 5.11 Å². The number of thioether (sulfide) groups is 1.